The van der Waals surface area contributed by atoms with Gasteiger partial charge in [-0.15, -0.1) is 0 Å². The lowest BCUT2D eigenvalue weighted by molar-refractivity contribution is -0.137. The van der Waals surface area contributed by atoms with Gasteiger partial charge in [0.05, 0.1) is 11.0 Å². The molecule has 108 valence electrons. The first-order chi connectivity index (χ1) is 9.51. The van der Waals surface area contributed by atoms with Gasteiger partial charge in [-0.3, -0.25) is 4.79 Å². The second-order valence-electron chi connectivity index (χ2n) is 5.22. The van der Waals surface area contributed by atoms with Crippen molar-refractivity contribution in [3.8, 4) is 0 Å². The van der Waals surface area contributed by atoms with Gasteiger partial charge in [0, 0.05) is 19.4 Å². The van der Waals surface area contributed by atoms with E-state index < -0.39 is 5.97 Å². The van der Waals surface area contributed by atoms with E-state index in [-0.39, 0.29) is 18.2 Å². The number of imidazole rings is 1. The number of carboxylic acid groups (broad SMARTS) is 1. The third-order valence-corrected chi connectivity index (χ3v) is 3.29. The van der Waals surface area contributed by atoms with Crippen molar-refractivity contribution < 1.29 is 14.3 Å². The zero-order valence-corrected chi connectivity index (χ0v) is 11.8. The van der Waals surface area contributed by atoms with E-state index in [9.17, 15) is 9.18 Å². The molecule has 0 aliphatic rings. The van der Waals surface area contributed by atoms with Gasteiger partial charge < -0.3 is 9.67 Å². The van der Waals surface area contributed by atoms with Crippen molar-refractivity contribution in [3.63, 3.8) is 0 Å². The van der Waals surface area contributed by atoms with Crippen molar-refractivity contribution in [1.82, 2.24) is 9.55 Å². The van der Waals surface area contributed by atoms with E-state index in [2.05, 4.69) is 11.9 Å². The number of nitrogens with zero attached hydrogens (tertiary/aromatic N) is 2. The molecule has 1 atom stereocenters. The Bertz CT molecular complexity index is 622. The molecule has 4 nitrogen and oxygen atoms in total. The lowest BCUT2D eigenvalue weighted by atomic mass is 10.0. The van der Waals surface area contributed by atoms with Crippen molar-refractivity contribution in [2.75, 3.05) is 0 Å². The molecular weight excluding hydrogens is 259 g/mol. The Kier molecular flexibility index (Phi) is 4.37. The van der Waals surface area contributed by atoms with Crippen molar-refractivity contribution >= 4 is 17.0 Å². The number of aromatic nitrogens is 2. The van der Waals surface area contributed by atoms with Crippen LogP contribution in [0.2, 0.25) is 0 Å². The normalized spacial score (nSPS) is 12.8. The number of hydrogen-bond acceptors (Lipinski definition) is 2. The highest BCUT2D eigenvalue weighted by Crippen LogP contribution is 2.21. The first-order valence-electron chi connectivity index (χ1n) is 6.87. The van der Waals surface area contributed by atoms with Crippen LogP contribution in [0, 0.1) is 11.7 Å². The Morgan fingerprint density at radius 3 is 2.90 bits per heavy atom. The molecule has 1 aromatic carbocycles. The van der Waals surface area contributed by atoms with Crippen molar-refractivity contribution in [3.05, 3.63) is 29.8 Å². The van der Waals surface area contributed by atoms with E-state index in [0.717, 1.165) is 29.8 Å². The number of aryl methyl sites for hydroxylation is 1. The minimum absolute atomic E-state index is 0.00441. The highest BCUT2D eigenvalue weighted by Gasteiger charge is 2.15. The summed E-state index contributed by atoms with van der Waals surface area (Å²) >= 11 is 0. The lowest BCUT2D eigenvalue weighted by Gasteiger charge is -2.11. The molecule has 0 fully saturated rings. The van der Waals surface area contributed by atoms with Crippen LogP contribution in [-0.4, -0.2) is 20.6 Å². The Balaban J connectivity index is 2.36. The first kappa shape index (κ1) is 14.5. The van der Waals surface area contributed by atoms with Gasteiger partial charge in [-0.05, 0) is 30.5 Å². The average molecular weight is 278 g/mol. The molecule has 2 rings (SSSR count). The zero-order valence-electron chi connectivity index (χ0n) is 11.8. The summed E-state index contributed by atoms with van der Waals surface area (Å²) in [6.45, 7) is 4.70. The van der Waals surface area contributed by atoms with E-state index in [0.29, 0.717) is 6.42 Å². The number of halogens is 1. The van der Waals surface area contributed by atoms with Gasteiger partial charge in [-0.25, -0.2) is 9.37 Å². The van der Waals surface area contributed by atoms with Crippen LogP contribution >= 0.6 is 0 Å². The topological polar surface area (TPSA) is 55.1 Å². The molecule has 0 radical (unpaired) electrons. The Morgan fingerprint density at radius 1 is 1.50 bits per heavy atom. The minimum Gasteiger partial charge on any atom is -0.481 e. The first-order valence-corrected chi connectivity index (χ1v) is 6.87. The Hall–Kier alpha value is -1.91. The maximum Gasteiger partial charge on any atom is 0.303 e. The number of rotatable bonds is 6. The predicted octanol–water partition coefficient (Wildman–Crippen LogP) is 3.24. The van der Waals surface area contributed by atoms with Gasteiger partial charge in [0.2, 0.25) is 0 Å². The van der Waals surface area contributed by atoms with E-state index in [4.69, 9.17) is 5.11 Å². The van der Waals surface area contributed by atoms with Crippen LogP contribution in [0.3, 0.4) is 0 Å². The van der Waals surface area contributed by atoms with E-state index in [1.165, 1.54) is 12.1 Å². The second kappa shape index (κ2) is 6.03. The third kappa shape index (κ3) is 3.15. The molecule has 1 unspecified atom stereocenters. The third-order valence-electron chi connectivity index (χ3n) is 3.29. The largest absolute Gasteiger partial charge is 0.481 e. The molecule has 0 bridgehead atoms. The number of aliphatic carboxylic acids is 1. The Labute approximate surface area is 117 Å². The van der Waals surface area contributed by atoms with Crippen LogP contribution in [0.1, 0.15) is 32.5 Å². The molecule has 0 aliphatic carbocycles. The maximum atomic E-state index is 13.4. The molecule has 1 heterocycles. The SMILES string of the molecule is CCCn1c(CC(C)CC(=O)O)nc2ccc(F)cc21. The van der Waals surface area contributed by atoms with Crippen LogP contribution in [0.4, 0.5) is 4.39 Å². The number of fused-ring (bicyclic) bond motifs is 1. The number of benzene rings is 1. The molecular formula is C15H19FN2O2. The van der Waals surface area contributed by atoms with Crippen molar-refractivity contribution in [2.45, 2.75) is 39.7 Å². The van der Waals surface area contributed by atoms with E-state index in [1.54, 1.807) is 6.07 Å². The second-order valence-corrected chi connectivity index (χ2v) is 5.22. The van der Waals surface area contributed by atoms with Crippen LogP contribution < -0.4 is 0 Å². The summed E-state index contributed by atoms with van der Waals surface area (Å²) in [5.74, 6) is -0.243. The molecule has 1 N–H and O–H groups in total. The smallest absolute Gasteiger partial charge is 0.303 e. The summed E-state index contributed by atoms with van der Waals surface area (Å²) in [7, 11) is 0. The van der Waals surface area contributed by atoms with E-state index in [1.807, 2.05) is 11.5 Å². The van der Waals surface area contributed by atoms with Crippen LogP contribution in [-0.2, 0) is 17.8 Å². The molecule has 5 heteroatoms. The average Bonchev–Trinajstić information content (AvgIpc) is 2.67. The molecule has 1 aromatic heterocycles. The van der Waals surface area contributed by atoms with Gasteiger partial charge in [-0.1, -0.05) is 13.8 Å². The highest BCUT2D eigenvalue weighted by molar-refractivity contribution is 5.76. The van der Waals surface area contributed by atoms with Crippen molar-refractivity contribution in [1.29, 1.82) is 0 Å². The molecule has 0 aliphatic heterocycles. The van der Waals surface area contributed by atoms with Gasteiger partial charge in [0.1, 0.15) is 11.6 Å². The van der Waals surface area contributed by atoms with Crippen LogP contribution in [0.25, 0.3) is 11.0 Å². The summed E-state index contributed by atoms with van der Waals surface area (Å²) in [5, 5.41) is 8.83. The fourth-order valence-electron chi connectivity index (χ4n) is 2.46. The van der Waals surface area contributed by atoms with Crippen LogP contribution in [0.15, 0.2) is 18.2 Å². The summed E-state index contributed by atoms with van der Waals surface area (Å²) < 4.78 is 15.4. The predicted molar refractivity (Wildman–Crippen MR) is 75.1 cm³/mol. The van der Waals surface area contributed by atoms with Crippen molar-refractivity contribution in [2.24, 2.45) is 5.92 Å². The van der Waals surface area contributed by atoms with Gasteiger partial charge in [0.15, 0.2) is 0 Å². The number of hydrogen-bond donors (Lipinski definition) is 1. The van der Waals surface area contributed by atoms with Gasteiger partial charge in [0.25, 0.3) is 0 Å². The molecule has 0 saturated heterocycles. The molecule has 20 heavy (non-hydrogen) atoms. The van der Waals surface area contributed by atoms with Gasteiger partial charge >= 0.3 is 5.97 Å². The summed E-state index contributed by atoms with van der Waals surface area (Å²) in [6, 6.07) is 4.56. The quantitative estimate of drug-likeness (QED) is 0.882. The summed E-state index contributed by atoms with van der Waals surface area (Å²) in [6.07, 6.45) is 1.62. The molecule has 0 spiro atoms. The van der Waals surface area contributed by atoms with Crippen LogP contribution in [0.5, 0.6) is 0 Å². The zero-order chi connectivity index (χ0) is 14.7. The monoisotopic (exact) mass is 278 g/mol. The fourth-order valence-corrected chi connectivity index (χ4v) is 2.46. The standard InChI is InChI=1S/C15H19FN2O2/c1-3-6-18-13-9-11(16)4-5-12(13)17-14(18)7-10(2)8-15(19)20/h4-5,9-10H,3,6-8H2,1-2H3,(H,19,20). The van der Waals surface area contributed by atoms with Gasteiger partial charge in [-0.2, -0.15) is 0 Å². The minimum atomic E-state index is -0.804. The summed E-state index contributed by atoms with van der Waals surface area (Å²) in [4.78, 5) is 15.3. The number of carboxylic acids is 1. The summed E-state index contributed by atoms with van der Waals surface area (Å²) in [5.41, 5.74) is 1.54. The van der Waals surface area contributed by atoms with E-state index >= 15 is 0 Å². The molecule has 2 aromatic rings. The number of carbonyl (C=O) groups is 1. The fraction of sp³-hybridized carbons (Fsp3) is 0.467. The Morgan fingerprint density at radius 2 is 2.25 bits per heavy atom. The highest BCUT2D eigenvalue weighted by atomic mass is 19.1. The maximum absolute atomic E-state index is 13.4. The lowest BCUT2D eigenvalue weighted by Crippen LogP contribution is -2.11. The molecule has 0 amide bonds. The molecule has 0 saturated carbocycles.